The third kappa shape index (κ3) is 2.79. The molecule has 0 aliphatic rings. The summed E-state index contributed by atoms with van der Waals surface area (Å²) < 4.78 is 5.64. The molecule has 0 saturated carbocycles. The first-order valence-electron chi connectivity index (χ1n) is 6.42. The highest BCUT2D eigenvalue weighted by atomic mass is 16.3. The maximum Gasteiger partial charge on any atom is 0.106 e. The van der Waals surface area contributed by atoms with Gasteiger partial charge in [0.05, 0.1) is 6.04 Å². The van der Waals surface area contributed by atoms with E-state index in [1.165, 1.54) is 11.1 Å². The summed E-state index contributed by atoms with van der Waals surface area (Å²) in [5.41, 5.74) is 2.38. The zero-order chi connectivity index (χ0) is 13.0. The van der Waals surface area contributed by atoms with Crippen LogP contribution in [0, 0.1) is 13.8 Å². The molecule has 0 spiro atoms. The molecule has 1 N–H and O–H groups in total. The van der Waals surface area contributed by atoms with Gasteiger partial charge in [-0.3, -0.25) is 4.98 Å². The van der Waals surface area contributed by atoms with Crippen molar-refractivity contribution >= 4 is 0 Å². The van der Waals surface area contributed by atoms with Crippen LogP contribution in [-0.4, -0.2) is 11.5 Å². The smallest absolute Gasteiger partial charge is 0.106 e. The van der Waals surface area contributed by atoms with E-state index in [0.29, 0.717) is 0 Å². The van der Waals surface area contributed by atoms with Crippen molar-refractivity contribution in [1.29, 1.82) is 0 Å². The van der Waals surface area contributed by atoms with E-state index >= 15 is 0 Å². The zero-order valence-electron chi connectivity index (χ0n) is 11.2. The third-order valence-electron chi connectivity index (χ3n) is 3.01. The Morgan fingerprint density at radius 2 is 2.22 bits per heavy atom. The number of nitrogens with one attached hydrogen (secondary N) is 1. The molecule has 0 amide bonds. The van der Waals surface area contributed by atoms with Gasteiger partial charge in [-0.05, 0) is 44.5 Å². The summed E-state index contributed by atoms with van der Waals surface area (Å²) in [6, 6.07) is 6.34. The number of rotatable bonds is 5. The van der Waals surface area contributed by atoms with Gasteiger partial charge in [-0.1, -0.05) is 13.0 Å². The first kappa shape index (κ1) is 12.8. The molecule has 1 atom stereocenters. The number of nitrogens with zero attached hydrogens (tertiary/aromatic N) is 1. The summed E-state index contributed by atoms with van der Waals surface area (Å²) in [5.74, 6) is 1.93. The molecule has 2 aromatic rings. The number of hydrogen-bond donors (Lipinski definition) is 1. The molecule has 1 unspecified atom stereocenters. The van der Waals surface area contributed by atoms with Crippen LogP contribution in [-0.2, 0) is 0 Å². The molecule has 3 heteroatoms. The Morgan fingerprint density at radius 1 is 1.39 bits per heavy atom. The predicted molar refractivity (Wildman–Crippen MR) is 72.6 cm³/mol. The van der Waals surface area contributed by atoms with Gasteiger partial charge < -0.3 is 9.73 Å². The lowest BCUT2D eigenvalue weighted by atomic mass is 10.0. The Morgan fingerprint density at radius 3 is 2.78 bits per heavy atom. The molecular formula is C15H20N2O. The fourth-order valence-corrected chi connectivity index (χ4v) is 2.18. The van der Waals surface area contributed by atoms with E-state index < -0.39 is 0 Å². The molecule has 0 bridgehead atoms. The normalized spacial score (nSPS) is 12.6. The van der Waals surface area contributed by atoms with Crippen molar-refractivity contribution in [2.75, 3.05) is 6.54 Å². The number of aryl methyl sites for hydroxylation is 2. The molecule has 0 aromatic carbocycles. The Balaban J connectivity index is 2.34. The molecule has 0 radical (unpaired) electrons. The van der Waals surface area contributed by atoms with Crippen molar-refractivity contribution in [3.8, 4) is 0 Å². The fourth-order valence-electron chi connectivity index (χ4n) is 2.18. The minimum absolute atomic E-state index is 0.163. The standard InChI is InChI=1S/C15H20N2O/c1-4-7-17-15(13-6-5-8-16-10-13)14-9-11(2)18-12(14)3/h5-6,8-10,15,17H,4,7H2,1-3H3. The molecule has 18 heavy (non-hydrogen) atoms. The SMILES string of the molecule is CCCNC(c1cccnc1)c1cc(C)oc1C. The van der Waals surface area contributed by atoms with Crippen LogP contribution in [0.2, 0.25) is 0 Å². The van der Waals surface area contributed by atoms with Crippen molar-refractivity contribution in [2.24, 2.45) is 0 Å². The maximum absolute atomic E-state index is 5.64. The molecule has 0 aliphatic heterocycles. The highest BCUT2D eigenvalue weighted by molar-refractivity contribution is 5.33. The van der Waals surface area contributed by atoms with Crippen LogP contribution in [0.5, 0.6) is 0 Å². The number of furan rings is 1. The van der Waals surface area contributed by atoms with E-state index in [4.69, 9.17) is 4.42 Å². The quantitative estimate of drug-likeness (QED) is 0.876. The molecule has 0 aliphatic carbocycles. The van der Waals surface area contributed by atoms with Gasteiger partial charge in [-0.15, -0.1) is 0 Å². The fraction of sp³-hybridized carbons (Fsp3) is 0.400. The molecule has 2 aromatic heterocycles. The van der Waals surface area contributed by atoms with E-state index in [0.717, 1.165) is 24.5 Å². The monoisotopic (exact) mass is 244 g/mol. The predicted octanol–water partition coefficient (Wildman–Crippen LogP) is 3.38. The van der Waals surface area contributed by atoms with Crippen molar-refractivity contribution in [3.63, 3.8) is 0 Å². The molecule has 2 heterocycles. The van der Waals surface area contributed by atoms with E-state index in [-0.39, 0.29) is 6.04 Å². The summed E-state index contributed by atoms with van der Waals surface area (Å²) in [6.45, 7) is 7.14. The average molecular weight is 244 g/mol. The number of pyridine rings is 1. The van der Waals surface area contributed by atoms with Gasteiger partial charge >= 0.3 is 0 Å². The molecule has 96 valence electrons. The Hall–Kier alpha value is -1.61. The van der Waals surface area contributed by atoms with Crippen LogP contribution in [0.25, 0.3) is 0 Å². The van der Waals surface area contributed by atoms with Crippen molar-refractivity contribution in [2.45, 2.75) is 33.2 Å². The topological polar surface area (TPSA) is 38.1 Å². The lowest BCUT2D eigenvalue weighted by Crippen LogP contribution is -2.23. The summed E-state index contributed by atoms with van der Waals surface area (Å²) in [5, 5.41) is 3.56. The minimum Gasteiger partial charge on any atom is -0.466 e. The average Bonchev–Trinajstić information content (AvgIpc) is 2.70. The Labute approximate surface area is 108 Å². The lowest BCUT2D eigenvalue weighted by molar-refractivity contribution is 0.493. The van der Waals surface area contributed by atoms with Crippen LogP contribution in [0.1, 0.15) is 42.0 Å². The van der Waals surface area contributed by atoms with Crippen LogP contribution in [0.15, 0.2) is 35.0 Å². The highest BCUT2D eigenvalue weighted by Gasteiger charge is 2.18. The van der Waals surface area contributed by atoms with Crippen LogP contribution in [0.3, 0.4) is 0 Å². The van der Waals surface area contributed by atoms with Crippen molar-refractivity contribution in [3.05, 3.63) is 53.2 Å². The van der Waals surface area contributed by atoms with Gasteiger partial charge in [0.25, 0.3) is 0 Å². The second-order valence-corrected chi connectivity index (χ2v) is 4.54. The molecular weight excluding hydrogens is 224 g/mol. The van der Waals surface area contributed by atoms with Gasteiger partial charge in [0.15, 0.2) is 0 Å². The van der Waals surface area contributed by atoms with Gasteiger partial charge in [-0.2, -0.15) is 0 Å². The van der Waals surface area contributed by atoms with Crippen molar-refractivity contribution in [1.82, 2.24) is 10.3 Å². The van der Waals surface area contributed by atoms with Gasteiger partial charge in [0.1, 0.15) is 11.5 Å². The second kappa shape index (κ2) is 5.83. The van der Waals surface area contributed by atoms with Crippen LogP contribution in [0.4, 0.5) is 0 Å². The van der Waals surface area contributed by atoms with E-state index in [1.54, 1.807) is 6.20 Å². The van der Waals surface area contributed by atoms with Gasteiger partial charge in [0, 0.05) is 18.0 Å². The molecule has 2 rings (SSSR count). The first-order valence-corrected chi connectivity index (χ1v) is 6.42. The summed E-state index contributed by atoms with van der Waals surface area (Å²) in [4.78, 5) is 4.21. The molecule has 3 nitrogen and oxygen atoms in total. The second-order valence-electron chi connectivity index (χ2n) is 4.54. The maximum atomic E-state index is 5.64. The summed E-state index contributed by atoms with van der Waals surface area (Å²) >= 11 is 0. The first-order chi connectivity index (χ1) is 8.72. The van der Waals surface area contributed by atoms with Crippen LogP contribution >= 0.6 is 0 Å². The van der Waals surface area contributed by atoms with E-state index in [2.05, 4.69) is 29.4 Å². The summed E-state index contributed by atoms with van der Waals surface area (Å²) in [7, 11) is 0. The Kier molecular flexibility index (Phi) is 4.15. The Bertz CT molecular complexity index is 490. The van der Waals surface area contributed by atoms with Crippen molar-refractivity contribution < 1.29 is 4.42 Å². The van der Waals surface area contributed by atoms with E-state index in [1.807, 2.05) is 26.1 Å². The lowest BCUT2D eigenvalue weighted by Gasteiger charge is -2.18. The zero-order valence-corrected chi connectivity index (χ0v) is 11.2. The summed E-state index contributed by atoms with van der Waals surface area (Å²) in [6.07, 6.45) is 4.82. The molecule has 0 saturated heterocycles. The molecule has 0 fully saturated rings. The largest absolute Gasteiger partial charge is 0.466 e. The van der Waals surface area contributed by atoms with Crippen LogP contribution < -0.4 is 5.32 Å². The van der Waals surface area contributed by atoms with E-state index in [9.17, 15) is 0 Å². The number of hydrogen-bond acceptors (Lipinski definition) is 3. The highest BCUT2D eigenvalue weighted by Crippen LogP contribution is 2.26. The third-order valence-corrected chi connectivity index (χ3v) is 3.01. The number of aromatic nitrogens is 1. The minimum atomic E-state index is 0.163. The van der Waals surface area contributed by atoms with Gasteiger partial charge in [0.2, 0.25) is 0 Å². The van der Waals surface area contributed by atoms with Gasteiger partial charge in [-0.25, -0.2) is 0 Å².